The zero-order valence-electron chi connectivity index (χ0n) is 13.6. The van der Waals surface area contributed by atoms with Gasteiger partial charge in [-0.15, -0.1) is 0 Å². The number of rotatable bonds is 1. The van der Waals surface area contributed by atoms with E-state index in [-0.39, 0.29) is 35.4 Å². The van der Waals surface area contributed by atoms with Gasteiger partial charge >= 0.3 is 5.97 Å². The van der Waals surface area contributed by atoms with E-state index in [1.807, 2.05) is 20.8 Å². The number of cyclic esters (lactones) is 1. The third-order valence-corrected chi connectivity index (χ3v) is 4.28. The molecular formula is C17H26O4. The van der Waals surface area contributed by atoms with Crippen molar-refractivity contribution in [2.75, 3.05) is 0 Å². The van der Waals surface area contributed by atoms with Crippen LogP contribution in [0.1, 0.15) is 47.5 Å². The Morgan fingerprint density at radius 2 is 1.71 bits per heavy atom. The van der Waals surface area contributed by atoms with Gasteiger partial charge in [-0.05, 0) is 25.8 Å². The van der Waals surface area contributed by atoms with Crippen molar-refractivity contribution in [1.29, 1.82) is 0 Å². The van der Waals surface area contributed by atoms with Gasteiger partial charge in [-0.1, -0.05) is 33.8 Å². The highest BCUT2D eigenvalue weighted by Crippen LogP contribution is 2.22. The van der Waals surface area contributed by atoms with Crippen LogP contribution in [0.2, 0.25) is 0 Å². The van der Waals surface area contributed by atoms with Crippen molar-refractivity contribution < 1.29 is 19.1 Å². The Morgan fingerprint density at radius 3 is 2.29 bits per heavy atom. The van der Waals surface area contributed by atoms with Crippen LogP contribution in [0.3, 0.4) is 0 Å². The maximum Gasteiger partial charge on any atom is 0.316 e. The number of esters is 1. The molecule has 0 saturated heterocycles. The summed E-state index contributed by atoms with van der Waals surface area (Å²) in [4.78, 5) is 36.4. The van der Waals surface area contributed by atoms with Crippen molar-refractivity contribution >= 4 is 17.5 Å². The number of hydrogen-bond acceptors (Lipinski definition) is 4. The molecular weight excluding hydrogens is 268 g/mol. The average molecular weight is 294 g/mol. The molecule has 0 radical (unpaired) electrons. The fourth-order valence-electron chi connectivity index (χ4n) is 2.65. The van der Waals surface area contributed by atoms with E-state index in [9.17, 15) is 14.4 Å². The highest BCUT2D eigenvalue weighted by atomic mass is 16.5. The van der Waals surface area contributed by atoms with Crippen LogP contribution in [0.4, 0.5) is 0 Å². The minimum Gasteiger partial charge on any atom is -0.461 e. The third kappa shape index (κ3) is 4.51. The van der Waals surface area contributed by atoms with Gasteiger partial charge < -0.3 is 4.74 Å². The van der Waals surface area contributed by atoms with Gasteiger partial charge in [0, 0.05) is 17.8 Å². The molecule has 0 N–H and O–H groups in total. The molecule has 4 heteroatoms. The van der Waals surface area contributed by atoms with Crippen molar-refractivity contribution in [3.63, 3.8) is 0 Å². The second-order valence-electron chi connectivity index (χ2n) is 6.17. The Labute approximate surface area is 126 Å². The first kappa shape index (κ1) is 17.6. The zero-order valence-corrected chi connectivity index (χ0v) is 13.6. The predicted molar refractivity (Wildman–Crippen MR) is 80.6 cm³/mol. The third-order valence-electron chi connectivity index (χ3n) is 4.28. The summed E-state index contributed by atoms with van der Waals surface area (Å²) in [7, 11) is 0. The minimum atomic E-state index is -0.771. The summed E-state index contributed by atoms with van der Waals surface area (Å²) >= 11 is 0. The molecule has 0 fully saturated rings. The van der Waals surface area contributed by atoms with E-state index in [4.69, 9.17) is 4.74 Å². The summed E-state index contributed by atoms with van der Waals surface area (Å²) in [5.74, 6) is -1.94. The lowest BCUT2D eigenvalue weighted by molar-refractivity contribution is -0.158. The molecule has 21 heavy (non-hydrogen) atoms. The summed E-state index contributed by atoms with van der Waals surface area (Å²) in [5, 5.41) is 0. The van der Waals surface area contributed by atoms with E-state index in [1.54, 1.807) is 26.0 Å². The lowest BCUT2D eigenvalue weighted by Gasteiger charge is -2.24. The zero-order chi connectivity index (χ0) is 16.2. The molecule has 0 spiro atoms. The van der Waals surface area contributed by atoms with Crippen LogP contribution < -0.4 is 0 Å². The number of Topliss-reactive ketones (excluding diaryl/α,β-unsaturated/α-hetero) is 1. The Kier molecular flexibility index (Phi) is 6.31. The number of ketones is 2. The lowest BCUT2D eigenvalue weighted by atomic mass is 9.86. The van der Waals surface area contributed by atoms with Gasteiger partial charge in [0.15, 0.2) is 5.78 Å². The minimum absolute atomic E-state index is 0.0240. The average Bonchev–Trinajstić information content (AvgIpc) is 2.46. The smallest absolute Gasteiger partial charge is 0.316 e. The number of ether oxygens (including phenoxy) is 1. The maximum absolute atomic E-state index is 12.3. The fourth-order valence-corrected chi connectivity index (χ4v) is 2.65. The van der Waals surface area contributed by atoms with Gasteiger partial charge in [0.1, 0.15) is 17.8 Å². The highest BCUT2D eigenvalue weighted by molar-refractivity contribution is 6.00. The first-order valence-electron chi connectivity index (χ1n) is 7.74. The summed E-state index contributed by atoms with van der Waals surface area (Å²) in [6.07, 6.45) is 4.18. The van der Waals surface area contributed by atoms with Crippen molar-refractivity contribution in [3.05, 3.63) is 12.2 Å². The summed E-state index contributed by atoms with van der Waals surface area (Å²) in [5.41, 5.74) is 0. The monoisotopic (exact) mass is 294 g/mol. The molecule has 0 aromatic carbocycles. The molecule has 118 valence electrons. The van der Waals surface area contributed by atoms with Crippen LogP contribution in [0, 0.1) is 23.7 Å². The van der Waals surface area contributed by atoms with Crippen molar-refractivity contribution in [1.82, 2.24) is 0 Å². The van der Waals surface area contributed by atoms with E-state index < -0.39 is 11.9 Å². The number of carbonyl (C=O) groups excluding carboxylic acids is 3. The normalized spacial score (nSPS) is 37.4. The van der Waals surface area contributed by atoms with Gasteiger partial charge in [-0.3, -0.25) is 14.4 Å². The summed E-state index contributed by atoms with van der Waals surface area (Å²) < 4.78 is 5.46. The molecule has 1 aliphatic heterocycles. The molecule has 0 saturated carbocycles. The summed E-state index contributed by atoms with van der Waals surface area (Å²) in [6, 6.07) is 0. The van der Waals surface area contributed by atoms with Crippen LogP contribution in [0.25, 0.3) is 0 Å². The lowest BCUT2D eigenvalue weighted by Crippen LogP contribution is -2.34. The molecule has 1 aliphatic rings. The van der Waals surface area contributed by atoms with Crippen LogP contribution >= 0.6 is 0 Å². The Balaban J connectivity index is 3.07. The van der Waals surface area contributed by atoms with Crippen LogP contribution in [-0.2, 0) is 19.1 Å². The first-order valence-corrected chi connectivity index (χ1v) is 7.74. The standard InChI is InChI=1S/C17H26O4/c1-6-15-10(2)7-8-14(18)11(3)9-12(4)16(19)13(5)17(20)21-15/h7-8,10-13,15H,6,9H2,1-5H3/b8-7+/t10-,11-,12+,13-,15-/m1/s1. The van der Waals surface area contributed by atoms with E-state index in [0.717, 1.165) is 0 Å². The Hall–Kier alpha value is -1.45. The molecule has 1 heterocycles. The molecule has 0 aromatic heterocycles. The highest BCUT2D eigenvalue weighted by Gasteiger charge is 2.31. The molecule has 4 nitrogen and oxygen atoms in total. The number of hydrogen-bond donors (Lipinski definition) is 0. The molecule has 0 amide bonds. The van der Waals surface area contributed by atoms with Gasteiger partial charge in [0.25, 0.3) is 0 Å². The molecule has 5 atom stereocenters. The maximum atomic E-state index is 12.3. The van der Waals surface area contributed by atoms with Gasteiger partial charge in [0.05, 0.1) is 0 Å². The molecule has 1 rings (SSSR count). The van der Waals surface area contributed by atoms with Crippen LogP contribution in [-0.4, -0.2) is 23.6 Å². The Bertz CT molecular complexity index is 438. The largest absolute Gasteiger partial charge is 0.461 e. The molecule has 0 bridgehead atoms. The topological polar surface area (TPSA) is 60.4 Å². The van der Waals surface area contributed by atoms with Crippen molar-refractivity contribution in [2.45, 2.75) is 53.6 Å². The second-order valence-corrected chi connectivity index (χ2v) is 6.17. The van der Waals surface area contributed by atoms with Gasteiger partial charge in [-0.25, -0.2) is 0 Å². The fraction of sp³-hybridized carbons (Fsp3) is 0.706. The number of allylic oxidation sites excluding steroid dienone is 1. The van der Waals surface area contributed by atoms with E-state index >= 15 is 0 Å². The van der Waals surface area contributed by atoms with Crippen LogP contribution in [0.5, 0.6) is 0 Å². The molecule has 0 aromatic rings. The first-order chi connectivity index (χ1) is 9.77. The quantitative estimate of drug-likeness (QED) is 0.551. The van der Waals surface area contributed by atoms with Crippen molar-refractivity contribution in [2.24, 2.45) is 23.7 Å². The van der Waals surface area contributed by atoms with E-state index in [1.165, 1.54) is 0 Å². The second kappa shape index (κ2) is 7.53. The molecule has 0 aliphatic carbocycles. The Morgan fingerprint density at radius 1 is 1.10 bits per heavy atom. The van der Waals surface area contributed by atoms with E-state index in [0.29, 0.717) is 12.8 Å². The predicted octanol–water partition coefficient (Wildman–Crippen LogP) is 2.95. The number of carbonyl (C=O) groups is 3. The SMILES string of the molecule is CC[C@H]1OC(=O)[C@H](C)C(=O)[C@@H](C)C[C@@H](C)C(=O)/C=C/[C@H]1C. The van der Waals surface area contributed by atoms with Crippen molar-refractivity contribution in [3.8, 4) is 0 Å². The van der Waals surface area contributed by atoms with E-state index in [2.05, 4.69) is 0 Å². The van der Waals surface area contributed by atoms with Crippen LogP contribution in [0.15, 0.2) is 12.2 Å². The van der Waals surface area contributed by atoms with Gasteiger partial charge in [0.2, 0.25) is 0 Å². The molecule has 0 unspecified atom stereocenters. The summed E-state index contributed by atoms with van der Waals surface area (Å²) in [6.45, 7) is 9.02. The van der Waals surface area contributed by atoms with Gasteiger partial charge in [-0.2, -0.15) is 0 Å².